The molecular weight excluding hydrogens is 272 g/mol. The average molecular weight is 294 g/mol. The van der Waals surface area contributed by atoms with Gasteiger partial charge in [-0.15, -0.1) is 0 Å². The van der Waals surface area contributed by atoms with Gasteiger partial charge in [0, 0.05) is 26.2 Å². The number of nitrogens with one attached hydrogen (secondary N) is 1. The number of urea groups is 1. The Bertz CT molecular complexity index is 489. The molecule has 0 aliphatic heterocycles. The van der Waals surface area contributed by atoms with Crippen molar-refractivity contribution >= 4 is 6.03 Å². The van der Waals surface area contributed by atoms with Crippen LogP contribution in [0.3, 0.4) is 0 Å². The molecule has 6 heteroatoms. The predicted molar refractivity (Wildman–Crippen MR) is 78.5 cm³/mol. The number of hydrogen-bond donors (Lipinski definition) is 2. The summed E-state index contributed by atoms with van der Waals surface area (Å²) in [6.07, 6.45) is 2.07. The van der Waals surface area contributed by atoms with Crippen molar-refractivity contribution in [2.75, 3.05) is 27.4 Å². The van der Waals surface area contributed by atoms with E-state index in [9.17, 15) is 9.90 Å². The van der Waals surface area contributed by atoms with Gasteiger partial charge in [0.2, 0.25) is 0 Å². The Kier molecular flexibility index (Phi) is 5.27. The normalized spacial score (nSPS) is 13.8. The Morgan fingerprint density at radius 2 is 2.19 bits per heavy atom. The predicted octanol–water partition coefficient (Wildman–Crippen LogP) is 1.72. The quantitative estimate of drug-likeness (QED) is 0.751. The molecule has 2 amide bonds. The van der Waals surface area contributed by atoms with Crippen molar-refractivity contribution in [2.24, 2.45) is 0 Å². The maximum atomic E-state index is 12.2. The number of methoxy groups -OCH3 is 2. The molecule has 0 heterocycles. The van der Waals surface area contributed by atoms with Gasteiger partial charge in [0.05, 0.1) is 13.7 Å². The molecule has 6 nitrogen and oxygen atoms in total. The van der Waals surface area contributed by atoms with Crippen molar-refractivity contribution in [2.45, 2.75) is 25.4 Å². The van der Waals surface area contributed by atoms with E-state index < -0.39 is 0 Å². The first kappa shape index (κ1) is 15.4. The molecule has 0 radical (unpaired) electrons. The summed E-state index contributed by atoms with van der Waals surface area (Å²) >= 11 is 0. The summed E-state index contributed by atoms with van der Waals surface area (Å²) in [6.45, 7) is 1.49. The molecule has 1 aliphatic rings. The lowest BCUT2D eigenvalue weighted by Gasteiger charge is -2.23. The highest BCUT2D eigenvalue weighted by Gasteiger charge is 2.32. The van der Waals surface area contributed by atoms with E-state index in [-0.39, 0.29) is 11.8 Å². The Morgan fingerprint density at radius 1 is 1.43 bits per heavy atom. The number of amides is 2. The van der Waals surface area contributed by atoms with E-state index in [4.69, 9.17) is 9.47 Å². The number of phenolic OH excluding ortho intramolecular Hbond substituents is 1. The number of phenols is 1. The van der Waals surface area contributed by atoms with Crippen molar-refractivity contribution in [1.82, 2.24) is 10.2 Å². The van der Waals surface area contributed by atoms with Crippen molar-refractivity contribution in [3.8, 4) is 11.5 Å². The van der Waals surface area contributed by atoms with Gasteiger partial charge < -0.3 is 24.8 Å². The van der Waals surface area contributed by atoms with E-state index in [0.717, 1.165) is 18.4 Å². The SMILES string of the molecule is COCCNC(=O)N(Cc1ccc(O)c(OC)c1)C1CC1. The number of ether oxygens (including phenoxy) is 2. The van der Waals surface area contributed by atoms with Crippen LogP contribution >= 0.6 is 0 Å². The Hall–Kier alpha value is -1.95. The van der Waals surface area contributed by atoms with E-state index in [2.05, 4.69) is 5.32 Å². The molecule has 0 aromatic heterocycles. The third-order valence-electron chi connectivity index (χ3n) is 3.43. The van der Waals surface area contributed by atoms with Crippen LogP contribution in [0.1, 0.15) is 18.4 Å². The zero-order valence-electron chi connectivity index (χ0n) is 12.5. The molecule has 1 fully saturated rings. The number of nitrogens with zero attached hydrogens (tertiary/aromatic N) is 1. The first-order valence-corrected chi connectivity index (χ1v) is 7.05. The van der Waals surface area contributed by atoms with Gasteiger partial charge in [0.25, 0.3) is 0 Å². The first-order valence-electron chi connectivity index (χ1n) is 7.05. The van der Waals surface area contributed by atoms with Gasteiger partial charge in [0.15, 0.2) is 11.5 Å². The van der Waals surface area contributed by atoms with Crippen molar-refractivity contribution in [3.63, 3.8) is 0 Å². The molecule has 0 spiro atoms. The minimum atomic E-state index is -0.0819. The summed E-state index contributed by atoms with van der Waals surface area (Å²) in [5.74, 6) is 0.520. The summed E-state index contributed by atoms with van der Waals surface area (Å²) in [4.78, 5) is 14.0. The summed E-state index contributed by atoms with van der Waals surface area (Å²) < 4.78 is 10.0. The second-order valence-corrected chi connectivity index (χ2v) is 5.09. The number of hydrogen-bond acceptors (Lipinski definition) is 4. The van der Waals surface area contributed by atoms with Crippen LogP contribution < -0.4 is 10.1 Å². The number of aromatic hydroxyl groups is 1. The van der Waals surface area contributed by atoms with E-state index >= 15 is 0 Å². The summed E-state index contributed by atoms with van der Waals surface area (Å²) in [7, 11) is 3.11. The van der Waals surface area contributed by atoms with Gasteiger partial charge in [-0.3, -0.25) is 0 Å². The molecule has 1 aromatic carbocycles. The van der Waals surface area contributed by atoms with Gasteiger partial charge in [0.1, 0.15) is 0 Å². The molecule has 0 saturated heterocycles. The minimum Gasteiger partial charge on any atom is -0.504 e. The molecule has 21 heavy (non-hydrogen) atoms. The first-order chi connectivity index (χ1) is 10.2. The molecule has 2 rings (SSSR count). The summed E-state index contributed by atoms with van der Waals surface area (Å²) in [5, 5.41) is 12.5. The fourth-order valence-corrected chi connectivity index (χ4v) is 2.13. The number of benzene rings is 1. The molecule has 1 aliphatic carbocycles. The van der Waals surface area contributed by atoms with Crippen molar-refractivity contribution in [3.05, 3.63) is 23.8 Å². The van der Waals surface area contributed by atoms with Gasteiger partial charge in [-0.2, -0.15) is 0 Å². The van der Waals surface area contributed by atoms with Crippen LogP contribution in [-0.2, 0) is 11.3 Å². The summed E-state index contributed by atoms with van der Waals surface area (Å²) in [5.41, 5.74) is 0.929. The highest BCUT2D eigenvalue weighted by molar-refractivity contribution is 5.75. The lowest BCUT2D eigenvalue weighted by Crippen LogP contribution is -2.42. The van der Waals surface area contributed by atoms with E-state index in [1.54, 1.807) is 25.3 Å². The van der Waals surface area contributed by atoms with Gasteiger partial charge >= 0.3 is 6.03 Å². The molecule has 1 saturated carbocycles. The van der Waals surface area contributed by atoms with Gasteiger partial charge in [-0.05, 0) is 30.5 Å². The molecular formula is C15H22N2O4. The highest BCUT2D eigenvalue weighted by atomic mass is 16.5. The second kappa shape index (κ2) is 7.17. The van der Waals surface area contributed by atoms with Gasteiger partial charge in [-0.1, -0.05) is 6.07 Å². The number of rotatable bonds is 7. The standard InChI is InChI=1S/C15H22N2O4/c1-20-8-7-16-15(19)17(12-4-5-12)10-11-3-6-13(18)14(9-11)21-2/h3,6,9,12,18H,4-5,7-8,10H2,1-2H3,(H,16,19). The van der Waals surface area contributed by atoms with Crippen LogP contribution in [0, 0.1) is 0 Å². The summed E-state index contributed by atoms with van der Waals surface area (Å²) in [6, 6.07) is 5.36. The number of carbonyl (C=O) groups is 1. The van der Waals surface area contributed by atoms with Crippen LogP contribution in [0.4, 0.5) is 4.79 Å². The van der Waals surface area contributed by atoms with E-state index in [0.29, 0.717) is 31.5 Å². The molecule has 1 aromatic rings. The number of carbonyl (C=O) groups excluding carboxylic acids is 1. The second-order valence-electron chi connectivity index (χ2n) is 5.09. The minimum absolute atomic E-state index is 0.0819. The third kappa shape index (κ3) is 4.26. The topological polar surface area (TPSA) is 71.0 Å². The van der Waals surface area contributed by atoms with Crippen molar-refractivity contribution in [1.29, 1.82) is 0 Å². The fraction of sp³-hybridized carbons (Fsp3) is 0.533. The fourth-order valence-electron chi connectivity index (χ4n) is 2.13. The van der Waals surface area contributed by atoms with E-state index in [1.165, 1.54) is 7.11 Å². The maximum absolute atomic E-state index is 12.2. The average Bonchev–Trinajstić information content (AvgIpc) is 3.31. The zero-order chi connectivity index (χ0) is 15.2. The lowest BCUT2D eigenvalue weighted by molar-refractivity contribution is 0.176. The zero-order valence-corrected chi connectivity index (χ0v) is 12.5. The Labute approximate surface area is 124 Å². The molecule has 0 bridgehead atoms. The molecule has 116 valence electrons. The lowest BCUT2D eigenvalue weighted by atomic mass is 10.2. The molecule has 0 atom stereocenters. The van der Waals surface area contributed by atoms with Gasteiger partial charge in [-0.25, -0.2) is 4.79 Å². The van der Waals surface area contributed by atoms with Crippen LogP contribution in [-0.4, -0.2) is 49.5 Å². The molecule has 0 unspecified atom stereocenters. The monoisotopic (exact) mass is 294 g/mol. The maximum Gasteiger partial charge on any atom is 0.318 e. The van der Waals surface area contributed by atoms with Crippen LogP contribution in [0.25, 0.3) is 0 Å². The van der Waals surface area contributed by atoms with E-state index in [1.807, 2.05) is 4.90 Å². The van der Waals surface area contributed by atoms with Crippen LogP contribution in [0.15, 0.2) is 18.2 Å². The molecule has 2 N–H and O–H groups in total. The third-order valence-corrected chi connectivity index (χ3v) is 3.43. The Morgan fingerprint density at radius 3 is 2.81 bits per heavy atom. The smallest absolute Gasteiger partial charge is 0.318 e. The highest BCUT2D eigenvalue weighted by Crippen LogP contribution is 2.31. The largest absolute Gasteiger partial charge is 0.504 e. The van der Waals surface area contributed by atoms with Crippen molar-refractivity contribution < 1.29 is 19.4 Å². The van der Waals surface area contributed by atoms with Crippen LogP contribution in [0.2, 0.25) is 0 Å². The van der Waals surface area contributed by atoms with Crippen LogP contribution in [0.5, 0.6) is 11.5 Å². The Balaban J connectivity index is 2.01.